The largest absolute Gasteiger partial charge is 0.481 e. The van der Waals surface area contributed by atoms with Gasteiger partial charge in [0.25, 0.3) is 5.89 Å². The third-order valence-electron chi connectivity index (χ3n) is 6.64. The van der Waals surface area contributed by atoms with Crippen molar-refractivity contribution in [3.63, 3.8) is 0 Å². The Morgan fingerprint density at radius 1 is 1.22 bits per heavy atom. The van der Waals surface area contributed by atoms with E-state index >= 15 is 0 Å². The quantitative estimate of drug-likeness (QED) is 0.447. The predicted octanol–water partition coefficient (Wildman–Crippen LogP) is 6.43. The summed E-state index contributed by atoms with van der Waals surface area (Å²) in [6, 6.07) is 4.14. The van der Waals surface area contributed by atoms with Crippen molar-refractivity contribution in [2.45, 2.75) is 79.6 Å². The molecule has 1 aromatic carbocycles. The molecule has 0 bridgehead atoms. The molecular weight excluding hydrogens is 420 g/mol. The minimum atomic E-state index is -0.771. The lowest BCUT2D eigenvalue weighted by Gasteiger charge is -2.30. The van der Waals surface area contributed by atoms with Crippen molar-refractivity contribution in [2.75, 3.05) is 0 Å². The Morgan fingerprint density at radius 2 is 2.00 bits per heavy atom. The van der Waals surface area contributed by atoms with Crippen molar-refractivity contribution in [3.05, 3.63) is 44.8 Å². The number of hydrogen-bond donors (Lipinski definition) is 1. The summed E-state index contributed by atoms with van der Waals surface area (Å²) in [6.45, 7) is 11.1. The predicted molar refractivity (Wildman–Crippen MR) is 128 cm³/mol. The first-order valence-corrected chi connectivity index (χ1v) is 12.4. The van der Waals surface area contributed by atoms with Crippen LogP contribution in [-0.4, -0.2) is 21.2 Å². The van der Waals surface area contributed by atoms with Crippen LogP contribution in [0.3, 0.4) is 0 Å². The Morgan fingerprint density at radius 3 is 2.69 bits per heavy atom. The fraction of sp³-hybridized carbons (Fsp3) is 0.500. The first kappa shape index (κ1) is 22.7. The summed E-state index contributed by atoms with van der Waals surface area (Å²) < 4.78 is 5.78. The molecule has 0 fully saturated rings. The van der Waals surface area contributed by atoms with Crippen LogP contribution in [0.15, 0.2) is 16.7 Å². The molecule has 6 heteroatoms. The summed E-state index contributed by atoms with van der Waals surface area (Å²) in [5.74, 6) is 0.442. The fourth-order valence-corrected chi connectivity index (χ4v) is 6.10. The van der Waals surface area contributed by atoms with Crippen molar-refractivity contribution in [1.29, 1.82) is 0 Å². The highest BCUT2D eigenvalue weighted by molar-refractivity contribution is 7.15. The number of benzene rings is 1. The summed E-state index contributed by atoms with van der Waals surface area (Å²) in [5.41, 5.74) is 7.51. The zero-order chi connectivity index (χ0) is 23.0. The highest BCUT2D eigenvalue weighted by atomic mass is 32.1. The molecule has 0 spiro atoms. The van der Waals surface area contributed by atoms with E-state index in [1.165, 1.54) is 22.4 Å². The summed E-state index contributed by atoms with van der Waals surface area (Å²) in [4.78, 5) is 18.4. The molecule has 0 unspecified atom stereocenters. The SMILES string of the molecule is CCc1cc(-c2noc(-c3sc(CC)c4c3CCC(C)(C)C4)n2)cc(C)c1CCC(=O)O. The lowest BCUT2D eigenvalue weighted by atomic mass is 9.74. The van der Waals surface area contributed by atoms with Gasteiger partial charge in [-0.15, -0.1) is 11.3 Å². The van der Waals surface area contributed by atoms with E-state index in [1.54, 1.807) is 0 Å². The minimum Gasteiger partial charge on any atom is -0.481 e. The summed E-state index contributed by atoms with van der Waals surface area (Å²) in [6.07, 6.45) is 5.89. The van der Waals surface area contributed by atoms with Crippen LogP contribution in [0.2, 0.25) is 0 Å². The van der Waals surface area contributed by atoms with Crippen LogP contribution in [0.4, 0.5) is 0 Å². The van der Waals surface area contributed by atoms with E-state index in [4.69, 9.17) is 14.6 Å². The van der Waals surface area contributed by atoms with Crippen LogP contribution >= 0.6 is 11.3 Å². The van der Waals surface area contributed by atoms with Crippen molar-refractivity contribution in [3.8, 4) is 22.2 Å². The number of carbonyl (C=O) groups is 1. The second kappa shape index (κ2) is 8.81. The number of aromatic nitrogens is 2. The van der Waals surface area contributed by atoms with Crippen LogP contribution in [0, 0.1) is 12.3 Å². The number of hydrogen-bond acceptors (Lipinski definition) is 5. The van der Waals surface area contributed by atoms with Crippen molar-refractivity contribution in [1.82, 2.24) is 10.1 Å². The maximum absolute atomic E-state index is 11.0. The van der Waals surface area contributed by atoms with Gasteiger partial charge in [-0.2, -0.15) is 4.98 Å². The van der Waals surface area contributed by atoms with Gasteiger partial charge in [0.05, 0.1) is 4.88 Å². The molecule has 0 saturated carbocycles. The van der Waals surface area contributed by atoms with Crippen LogP contribution in [0.1, 0.15) is 73.2 Å². The Bertz CT molecular complexity index is 1160. The van der Waals surface area contributed by atoms with E-state index in [0.717, 1.165) is 52.8 Å². The first-order valence-electron chi connectivity index (χ1n) is 11.5. The minimum absolute atomic E-state index is 0.138. The first-order chi connectivity index (χ1) is 15.2. The molecule has 4 rings (SSSR count). The topological polar surface area (TPSA) is 76.2 Å². The second-order valence-electron chi connectivity index (χ2n) is 9.61. The summed E-state index contributed by atoms with van der Waals surface area (Å²) in [5, 5.41) is 13.4. The molecule has 32 heavy (non-hydrogen) atoms. The highest BCUT2D eigenvalue weighted by Gasteiger charge is 2.32. The van der Waals surface area contributed by atoms with Gasteiger partial charge >= 0.3 is 5.97 Å². The van der Waals surface area contributed by atoms with Gasteiger partial charge in [-0.1, -0.05) is 32.9 Å². The van der Waals surface area contributed by atoms with Gasteiger partial charge in [0, 0.05) is 16.9 Å². The summed E-state index contributed by atoms with van der Waals surface area (Å²) >= 11 is 1.81. The molecule has 1 N–H and O–H groups in total. The van der Waals surface area contributed by atoms with Crippen molar-refractivity contribution < 1.29 is 14.4 Å². The molecule has 0 amide bonds. The van der Waals surface area contributed by atoms with Crippen molar-refractivity contribution in [2.24, 2.45) is 5.41 Å². The van der Waals surface area contributed by atoms with Gasteiger partial charge in [-0.05, 0) is 90.8 Å². The van der Waals surface area contributed by atoms with Crippen LogP contribution in [-0.2, 0) is 36.9 Å². The van der Waals surface area contributed by atoms with Crippen LogP contribution in [0.25, 0.3) is 22.2 Å². The third kappa shape index (κ3) is 4.38. The maximum Gasteiger partial charge on any atom is 0.303 e. The van der Waals surface area contributed by atoms with Crippen molar-refractivity contribution >= 4 is 17.3 Å². The van der Waals surface area contributed by atoms with Crippen LogP contribution < -0.4 is 0 Å². The lowest BCUT2D eigenvalue weighted by molar-refractivity contribution is -0.136. The third-order valence-corrected chi connectivity index (χ3v) is 8.05. The molecule has 1 aliphatic rings. The van der Waals surface area contributed by atoms with E-state index < -0.39 is 5.97 Å². The molecule has 5 nitrogen and oxygen atoms in total. The van der Waals surface area contributed by atoms with E-state index in [-0.39, 0.29) is 6.42 Å². The molecule has 170 valence electrons. The van der Waals surface area contributed by atoms with Gasteiger partial charge in [0.1, 0.15) is 0 Å². The molecule has 1 aliphatic carbocycles. The average Bonchev–Trinajstić information content (AvgIpc) is 3.35. The molecule has 0 saturated heterocycles. The van der Waals surface area contributed by atoms with E-state index in [2.05, 4.69) is 45.0 Å². The number of nitrogens with zero attached hydrogens (tertiary/aromatic N) is 2. The number of aryl methyl sites for hydroxylation is 3. The summed E-state index contributed by atoms with van der Waals surface area (Å²) in [7, 11) is 0. The monoisotopic (exact) mass is 452 g/mol. The van der Waals surface area contributed by atoms with E-state index in [1.807, 2.05) is 18.3 Å². The standard InChI is InChI=1S/C26H32N2O3S/c1-6-16-13-17(12-15(3)18(16)8-9-22(29)30)24-27-25(31-28-24)23-19-10-11-26(4,5)14-20(19)21(7-2)32-23/h12-13H,6-11,14H2,1-5H3,(H,29,30). The van der Waals surface area contributed by atoms with Crippen LogP contribution in [0.5, 0.6) is 0 Å². The van der Waals surface area contributed by atoms with Gasteiger partial charge in [-0.25, -0.2) is 0 Å². The zero-order valence-electron chi connectivity index (χ0n) is 19.7. The Hall–Kier alpha value is -2.47. The normalized spacial score (nSPS) is 15.0. The maximum atomic E-state index is 11.0. The second-order valence-corrected chi connectivity index (χ2v) is 10.7. The lowest BCUT2D eigenvalue weighted by Crippen LogP contribution is -2.22. The smallest absolute Gasteiger partial charge is 0.303 e. The Labute approximate surface area is 193 Å². The number of rotatable bonds is 7. The molecule has 2 aromatic heterocycles. The van der Waals surface area contributed by atoms with Gasteiger partial charge in [0.15, 0.2) is 0 Å². The highest BCUT2D eigenvalue weighted by Crippen LogP contribution is 2.45. The number of aliphatic carboxylic acids is 1. The number of carboxylic acid groups (broad SMARTS) is 1. The molecule has 0 atom stereocenters. The molecule has 0 aliphatic heterocycles. The van der Waals surface area contributed by atoms with E-state index in [9.17, 15) is 4.79 Å². The van der Waals surface area contributed by atoms with Gasteiger partial charge in [0.2, 0.25) is 5.82 Å². The van der Waals surface area contributed by atoms with Gasteiger partial charge in [-0.3, -0.25) is 4.79 Å². The number of carboxylic acids is 1. The Balaban J connectivity index is 1.69. The Kier molecular flexibility index (Phi) is 6.26. The molecule has 0 radical (unpaired) electrons. The number of thiophene rings is 1. The molecule has 2 heterocycles. The molecule has 3 aromatic rings. The average molecular weight is 453 g/mol. The van der Waals surface area contributed by atoms with Gasteiger partial charge < -0.3 is 9.63 Å². The zero-order valence-corrected chi connectivity index (χ0v) is 20.5. The molecular formula is C26H32N2O3S. The fourth-order valence-electron chi connectivity index (χ4n) is 4.87. The van der Waals surface area contributed by atoms with E-state index in [0.29, 0.717) is 23.6 Å². The number of fused-ring (bicyclic) bond motifs is 1.